The predicted octanol–water partition coefficient (Wildman–Crippen LogP) is 5.83. The molecule has 17 heteroatoms. The van der Waals surface area contributed by atoms with Crippen LogP contribution in [0.25, 0.3) is 5.52 Å². The van der Waals surface area contributed by atoms with Crippen LogP contribution in [0.4, 0.5) is 23.8 Å². The summed E-state index contributed by atoms with van der Waals surface area (Å²) in [7, 11) is 2.06. The molecule has 53 heavy (non-hydrogen) atoms. The molecule has 0 radical (unpaired) electrons. The van der Waals surface area contributed by atoms with Gasteiger partial charge in [-0.1, -0.05) is 12.0 Å². The topological polar surface area (TPSA) is 133 Å². The maximum absolute atomic E-state index is 13.7. The van der Waals surface area contributed by atoms with Crippen molar-refractivity contribution in [2.45, 2.75) is 88.6 Å². The van der Waals surface area contributed by atoms with Crippen LogP contribution < -0.4 is 10.6 Å². The number of esters is 1. The van der Waals surface area contributed by atoms with Crippen molar-refractivity contribution < 1.29 is 41.7 Å². The Kier molecular flexibility index (Phi) is 14.5. The number of anilines is 1. The summed E-state index contributed by atoms with van der Waals surface area (Å²) >= 11 is -0.268. The molecule has 1 saturated heterocycles. The molecule has 0 saturated carbocycles. The van der Waals surface area contributed by atoms with Gasteiger partial charge in [-0.3, -0.25) is 4.68 Å². The predicted molar refractivity (Wildman–Crippen MR) is 195 cm³/mol. The first-order valence-corrected chi connectivity index (χ1v) is 18.3. The number of hydrogen-bond donors (Lipinski definition) is 2. The number of carbonyl (C=O) groups excluding carboxylic acids is 2. The smallest absolute Gasteiger partial charge is 0.446 e. The molecule has 292 valence electrons. The van der Waals surface area contributed by atoms with Crippen LogP contribution in [0.2, 0.25) is 0 Å². The van der Waals surface area contributed by atoms with Gasteiger partial charge in [-0.05, 0) is 110 Å². The molecule has 2 N–H and O–H groups in total. The van der Waals surface area contributed by atoms with Crippen molar-refractivity contribution in [3.05, 3.63) is 41.9 Å². The molecule has 1 fully saturated rings. The Bertz CT molecular complexity index is 1740. The zero-order chi connectivity index (χ0) is 38.8. The van der Waals surface area contributed by atoms with Crippen LogP contribution in [0.5, 0.6) is 0 Å². The summed E-state index contributed by atoms with van der Waals surface area (Å²) in [6.45, 7) is 14.1. The van der Waals surface area contributed by atoms with Crippen LogP contribution in [0, 0.1) is 17.8 Å². The molecule has 13 nitrogen and oxygen atoms in total. The van der Waals surface area contributed by atoms with E-state index in [1.165, 1.54) is 4.52 Å². The molecule has 1 aliphatic rings. The number of nitrogens with one attached hydrogen (secondary N) is 2. The molecular weight excluding hydrogens is 715 g/mol. The Morgan fingerprint density at radius 1 is 1.00 bits per heavy atom. The molecule has 1 amide bonds. The average molecular weight is 766 g/mol. The Morgan fingerprint density at radius 2 is 1.72 bits per heavy atom. The summed E-state index contributed by atoms with van der Waals surface area (Å²) in [5.74, 6) is 5.70. The number of nitrogens with zero attached hydrogens (tertiary/aromatic N) is 5. The lowest BCUT2D eigenvalue weighted by Crippen LogP contribution is -2.45. The quantitative estimate of drug-likeness (QED) is 0.0890. The first kappa shape index (κ1) is 41.8. The summed E-state index contributed by atoms with van der Waals surface area (Å²) in [4.78, 5) is 26.5. The van der Waals surface area contributed by atoms with E-state index in [1.807, 2.05) is 20.8 Å². The minimum Gasteiger partial charge on any atom is -0.455 e. The van der Waals surface area contributed by atoms with Crippen molar-refractivity contribution in [2.24, 2.45) is 5.92 Å². The number of aromatic nitrogens is 4. The van der Waals surface area contributed by atoms with Crippen LogP contribution in [0.15, 0.2) is 35.4 Å². The van der Waals surface area contributed by atoms with E-state index >= 15 is 0 Å². The van der Waals surface area contributed by atoms with Crippen molar-refractivity contribution in [3.63, 3.8) is 0 Å². The van der Waals surface area contributed by atoms with Crippen molar-refractivity contribution in [1.82, 2.24) is 29.6 Å². The van der Waals surface area contributed by atoms with Gasteiger partial charge < -0.3 is 34.5 Å². The van der Waals surface area contributed by atoms with Gasteiger partial charge in [0.05, 0.1) is 43.3 Å². The van der Waals surface area contributed by atoms with Gasteiger partial charge in [0.1, 0.15) is 28.4 Å². The standard InChI is InChI=1S/C36H50F3N7O6S/c1-34(2,3)51-32(47)29-13-17-41-45(29)19-21-50-23-22-49-20-15-25-24-44(7)18-14-26(25)42-30-12-8-11-28-31(53-36(37,38)39)27(43-46(28)30)10-9-16-40-33(48)52-35(4,5)6/h8,11-13,17,25-26,42H,14-16,18-24H2,1-7H3,(H,40,48). The van der Waals surface area contributed by atoms with E-state index in [0.717, 1.165) is 25.9 Å². The number of rotatable bonds is 14. The molecule has 0 aromatic carbocycles. The molecule has 3 aromatic heterocycles. The highest BCUT2D eigenvalue weighted by atomic mass is 32.2. The molecule has 0 spiro atoms. The highest BCUT2D eigenvalue weighted by Crippen LogP contribution is 2.41. The van der Waals surface area contributed by atoms with E-state index in [0.29, 0.717) is 44.5 Å². The third-order valence-corrected chi connectivity index (χ3v) is 8.64. The number of thioether (sulfide) groups is 1. The van der Waals surface area contributed by atoms with Crippen molar-refractivity contribution >= 4 is 35.2 Å². The molecule has 1 aliphatic heterocycles. The molecule has 4 rings (SSSR count). The van der Waals surface area contributed by atoms with E-state index in [9.17, 15) is 22.8 Å². The van der Waals surface area contributed by atoms with E-state index in [4.69, 9.17) is 18.9 Å². The lowest BCUT2D eigenvalue weighted by Gasteiger charge is -2.37. The summed E-state index contributed by atoms with van der Waals surface area (Å²) in [6.07, 6.45) is 2.44. The van der Waals surface area contributed by atoms with Gasteiger partial charge in [-0.25, -0.2) is 14.1 Å². The van der Waals surface area contributed by atoms with E-state index in [2.05, 4.69) is 44.6 Å². The average Bonchev–Trinajstić information content (AvgIpc) is 3.64. The SMILES string of the molecule is CN1CCC(Nc2cccc3c(SC(F)(F)F)c(C#CCNC(=O)OC(C)(C)C)nn23)C(CCOCCOCCn2nccc2C(=O)OC(C)(C)C)C1. The van der Waals surface area contributed by atoms with Gasteiger partial charge in [0, 0.05) is 25.4 Å². The van der Waals surface area contributed by atoms with Crippen molar-refractivity contribution in [1.29, 1.82) is 0 Å². The van der Waals surface area contributed by atoms with Crippen LogP contribution in [0.3, 0.4) is 0 Å². The summed E-state index contributed by atoms with van der Waals surface area (Å²) in [5.41, 5.74) is -5.28. The minimum absolute atomic E-state index is 0.0142. The van der Waals surface area contributed by atoms with Gasteiger partial charge in [0.15, 0.2) is 0 Å². The summed E-state index contributed by atoms with van der Waals surface area (Å²) in [5, 5.41) is 14.7. The fourth-order valence-electron chi connectivity index (χ4n) is 5.62. The fourth-order valence-corrected chi connectivity index (χ4v) is 6.30. The fraction of sp³-hybridized carbons (Fsp3) is 0.611. The number of piperidine rings is 1. The first-order chi connectivity index (χ1) is 24.9. The number of pyridine rings is 1. The zero-order valence-electron chi connectivity index (χ0n) is 31.3. The lowest BCUT2D eigenvalue weighted by molar-refractivity contribution is -0.0328. The Hall–Kier alpha value is -3.98. The highest BCUT2D eigenvalue weighted by Gasteiger charge is 2.34. The minimum atomic E-state index is -4.56. The van der Waals surface area contributed by atoms with Gasteiger partial charge in [0.2, 0.25) is 0 Å². The third-order valence-electron chi connectivity index (χ3n) is 7.80. The van der Waals surface area contributed by atoms with Crippen LogP contribution in [0.1, 0.15) is 70.6 Å². The molecule has 4 heterocycles. The molecule has 2 atom stereocenters. The number of carbonyl (C=O) groups is 2. The molecular formula is C36H50F3N7O6S. The zero-order valence-corrected chi connectivity index (χ0v) is 32.2. The highest BCUT2D eigenvalue weighted by molar-refractivity contribution is 8.00. The van der Waals surface area contributed by atoms with Crippen molar-refractivity contribution in [2.75, 3.05) is 58.4 Å². The Labute approximate surface area is 312 Å². The number of alkyl halides is 3. The second kappa shape index (κ2) is 18.4. The van der Waals surface area contributed by atoms with E-state index in [1.54, 1.807) is 55.9 Å². The number of ether oxygens (including phenoxy) is 4. The monoisotopic (exact) mass is 765 g/mol. The van der Waals surface area contributed by atoms with Crippen LogP contribution in [-0.4, -0.2) is 112 Å². The van der Waals surface area contributed by atoms with Gasteiger partial charge in [-0.15, -0.1) is 0 Å². The Balaban J connectivity index is 1.32. The number of likely N-dealkylation sites (tertiary alicyclic amines) is 1. The van der Waals surface area contributed by atoms with Gasteiger partial charge >= 0.3 is 17.6 Å². The second-order valence-electron chi connectivity index (χ2n) is 14.6. The van der Waals surface area contributed by atoms with E-state index in [-0.39, 0.29) is 46.4 Å². The van der Waals surface area contributed by atoms with E-state index < -0.39 is 28.8 Å². The van der Waals surface area contributed by atoms with Crippen LogP contribution >= 0.6 is 11.8 Å². The summed E-state index contributed by atoms with van der Waals surface area (Å²) in [6, 6.07) is 6.68. The van der Waals surface area contributed by atoms with Gasteiger partial charge in [0.25, 0.3) is 0 Å². The number of alkyl carbamates (subject to hydrolysis) is 1. The normalized spacial score (nSPS) is 16.9. The number of fused-ring (bicyclic) bond motifs is 1. The molecule has 0 aliphatic carbocycles. The molecule has 0 bridgehead atoms. The lowest BCUT2D eigenvalue weighted by atomic mass is 9.89. The maximum Gasteiger partial charge on any atom is 0.446 e. The third kappa shape index (κ3) is 13.7. The van der Waals surface area contributed by atoms with Gasteiger partial charge in [-0.2, -0.15) is 23.4 Å². The number of amides is 1. The van der Waals surface area contributed by atoms with Crippen molar-refractivity contribution in [3.8, 4) is 11.8 Å². The number of hydrogen-bond acceptors (Lipinski definition) is 11. The first-order valence-electron chi connectivity index (χ1n) is 17.5. The second-order valence-corrected chi connectivity index (χ2v) is 15.7. The molecule has 2 unspecified atom stereocenters. The molecule has 3 aromatic rings. The number of halogens is 3. The van der Waals surface area contributed by atoms with Crippen LogP contribution in [-0.2, 0) is 25.5 Å². The largest absolute Gasteiger partial charge is 0.455 e. The summed E-state index contributed by atoms with van der Waals surface area (Å²) < 4.78 is 66.2. The maximum atomic E-state index is 13.7. The Morgan fingerprint density at radius 3 is 2.42 bits per heavy atom.